The van der Waals surface area contributed by atoms with Crippen molar-refractivity contribution < 1.29 is 4.79 Å². The number of hydrogen-bond donors (Lipinski definition) is 0. The first-order chi connectivity index (χ1) is 13.5. The van der Waals surface area contributed by atoms with Crippen molar-refractivity contribution >= 4 is 5.91 Å². The van der Waals surface area contributed by atoms with Gasteiger partial charge in [-0.2, -0.15) is 5.10 Å². The third kappa shape index (κ3) is 3.06. The van der Waals surface area contributed by atoms with E-state index in [0.717, 1.165) is 5.56 Å². The Morgan fingerprint density at radius 3 is 2.54 bits per heavy atom. The molecule has 1 atom stereocenters. The molecule has 1 aliphatic heterocycles. The van der Waals surface area contributed by atoms with Gasteiger partial charge in [-0.3, -0.25) is 9.36 Å². The van der Waals surface area contributed by atoms with Crippen molar-refractivity contribution in [3.05, 3.63) is 76.2 Å². The Kier molecular flexibility index (Phi) is 4.66. The van der Waals surface area contributed by atoms with Crippen LogP contribution < -0.4 is 5.69 Å². The molecule has 0 spiro atoms. The Balaban J connectivity index is 1.83. The minimum absolute atomic E-state index is 0.0570. The molecule has 1 aliphatic rings. The van der Waals surface area contributed by atoms with Gasteiger partial charge in [-0.15, -0.1) is 0 Å². The van der Waals surface area contributed by atoms with E-state index in [1.54, 1.807) is 4.57 Å². The van der Waals surface area contributed by atoms with Gasteiger partial charge in [-0.25, -0.2) is 9.48 Å². The predicted octanol–water partition coefficient (Wildman–Crippen LogP) is 2.28. The molecule has 1 amide bonds. The Hall–Kier alpha value is -3.09. The molecule has 28 heavy (non-hydrogen) atoms. The second-order valence-electron chi connectivity index (χ2n) is 7.68. The molecule has 3 heterocycles. The van der Waals surface area contributed by atoms with Crippen LogP contribution in [0.4, 0.5) is 0 Å². The van der Waals surface area contributed by atoms with Crippen LogP contribution >= 0.6 is 0 Å². The van der Waals surface area contributed by atoms with Gasteiger partial charge in [0.2, 0.25) is 0 Å². The number of fused-ring (bicyclic) bond motifs is 1. The van der Waals surface area contributed by atoms with E-state index >= 15 is 0 Å². The third-order valence-corrected chi connectivity index (χ3v) is 5.15. The molecule has 4 rings (SSSR count). The largest absolute Gasteiger partial charge is 0.347 e. The van der Waals surface area contributed by atoms with E-state index < -0.39 is 6.04 Å². The molecule has 3 aromatic rings. The number of aromatic nitrogens is 4. The van der Waals surface area contributed by atoms with Gasteiger partial charge in [0.1, 0.15) is 11.7 Å². The molecule has 1 aromatic carbocycles. The lowest BCUT2D eigenvalue weighted by Gasteiger charge is -2.35. The fraction of sp³-hybridized carbons (Fsp3) is 0.381. The van der Waals surface area contributed by atoms with Crippen LogP contribution in [0.15, 0.2) is 53.5 Å². The smallest absolute Gasteiger partial charge is 0.346 e. The van der Waals surface area contributed by atoms with E-state index in [1.807, 2.05) is 65.2 Å². The van der Waals surface area contributed by atoms with Gasteiger partial charge in [-0.05, 0) is 23.6 Å². The van der Waals surface area contributed by atoms with Crippen LogP contribution in [0.2, 0.25) is 0 Å². The molecular weight excluding hydrogens is 354 g/mol. The standard InChI is InChI=1S/C21H25N5O2/c1-15(2)14-26-21(28)25-13-12-24(20(27)17-10-7-11-23(17)3)18(19(25)22-26)16-8-5-4-6-9-16/h4-11,15,18H,12-14H2,1-3H3. The quantitative estimate of drug-likeness (QED) is 0.699. The molecular formula is C21H25N5O2. The van der Waals surface area contributed by atoms with Crippen LogP contribution in [0.25, 0.3) is 0 Å². The first kappa shape index (κ1) is 18.3. The van der Waals surface area contributed by atoms with Gasteiger partial charge in [0.05, 0.1) is 0 Å². The van der Waals surface area contributed by atoms with E-state index in [4.69, 9.17) is 0 Å². The molecule has 146 valence electrons. The number of rotatable bonds is 4. The lowest BCUT2D eigenvalue weighted by molar-refractivity contribution is 0.0647. The second-order valence-corrected chi connectivity index (χ2v) is 7.68. The maximum Gasteiger partial charge on any atom is 0.346 e. The molecule has 0 bridgehead atoms. The number of benzene rings is 1. The highest BCUT2D eigenvalue weighted by Crippen LogP contribution is 2.31. The van der Waals surface area contributed by atoms with Crippen LogP contribution in [0.5, 0.6) is 0 Å². The summed E-state index contributed by atoms with van der Waals surface area (Å²) >= 11 is 0. The first-order valence-electron chi connectivity index (χ1n) is 9.62. The molecule has 7 nitrogen and oxygen atoms in total. The first-order valence-corrected chi connectivity index (χ1v) is 9.62. The summed E-state index contributed by atoms with van der Waals surface area (Å²) in [5, 5.41) is 4.65. The highest BCUT2D eigenvalue weighted by atomic mass is 16.2. The minimum Gasteiger partial charge on any atom is -0.347 e. The normalized spacial score (nSPS) is 16.4. The van der Waals surface area contributed by atoms with Gasteiger partial charge in [0.15, 0.2) is 5.82 Å². The third-order valence-electron chi connectivity index (χ3n) is 5.15. The van der Waals surface area contributed by atoms with Crippen molar-refractivity contribution in [2.75, 3.05) is 6.54 Å². The molecule has 2 aromatic heterocycles. The monoisotopic (exact) mass is 379 g/mol. The van der Waals surface area contributed by atoms with Crippen molar-refractivity contribution in [3.63, 3.8) is 0 Å². The maximum absolute atomic E-state index is 13.3. The van der Waals surface area contributed by atoms with Crippen molar-refractivity contribution in [2.45, 2.75) is 33.0 Å². The summed E-state index contributed by atoms with van der Waals surface area (Å²) in [4.78, 5) is 28.0. The molecule has 0 fully saturated rings. The Morgan fingerprint density at radius 1 is 1.14 bits per heavy atom. The number of hydrogen-bond acceptors (Lipinski definition) is 3. The van der Waals surface area contributed by atoms with E-state index in [0.29, 0.717) is 37.1 Å². The van der Waals surface area contributed by atoms with Crippen LogP contribution in [0, 0.1) is 5.92 Å². The van der Waals surface area contributed by atoms with Gasteiger partial charge in [0.25, 0.3) is 5.91 Å². The number of carbonyl (C=O) groups is 1. The minimum atomic E-state index is -0.390. The maximum atomic E-state index is 13.3. The molecule has 0 saturated carbocycles. The summed E-state index contributed by atoms with van der Waals surface area (Å²) in [5.74, 6) is 0.884. The van der Waals surface area contributed by atoms with Gasteiger partial charge in [-0.1, -0.05) is 44.2 Å². The fourth-order valence-electron chi connectivity index (χ4n) is 3.82. The lowest BCUT2D eigenvalue weighted by atomic mass is 10.0. The van der Waals surface area contributed by atoms with E-state index in [9.17, 15) is 9.59 Å². The average Bonchev–Trinajstić information content (AvgIpc) is 3.24. The highest BCUT2D eigenvalue weighted by molar-refractivity contribution is 5.93. The van der Waals surface area contributed by atoms with Crippen LogP contribution in [-0.4, -0.2) is 36.3 Å². The van der Waals surface area contributed by atoms with Crippen molar-refractivity contribution in [1.82, 2.24) is 23.8 Å². The molecule has 1 unspecified atom stereocenters. The molecule has 0 radical (unpaired) electrons. The van der Waals surface area contributed by atoms with Crippen LogP contribution in [0.1, 0.15) is 41.8 Å². The number of nitrogens with zero attached hydrogens (tertiary/aromatic N) is 5. The van der Waals surface area contributed by atoms with Crippen LogP contribution in [-0.2, 0) is 20.1 Å². The van der Waals surface area contributed by atoms with Crippen molar-refractivity contribution in [2.24, 2.45) is 13.0 Å². The van der Waals surface area contributed by atoms with E-state index in [1.165, 1.54) is 4.68 Å². The zero-order valence-electron chi connectivity index (χ0n) is 16.4. The molecule has 0 saturated heterocycles. The Labute approximate surface area is 163 Å². The lowest BCUT2D eigenvalue weighted by Crippen LogP contribution is -2.45. The summed E-state index contributed by atoms with van der Waals surface area (Å²) < 4.78 is 5.07. The molecule has 7 heteroatoms. The number of aryl methyl sites for hydroxylation is 1. The Morgan fingerprint density at radius 2 is 1.89 bits per heavy atom. The average molecular weight is 379 g/mol. The molecule has 0 aliphatic carbocycles. The summed E-state index contributed by atoms with van der Waals surface area (Å²) in [6.07, 6.45) is 1.86. The van der Waals surface area contributed by atoms with Gasteiger partial charge >= 0.3 is 5.69 Å². The fourth-order valence-corrected chi connectivity index (χ4v) is 3.82. The zero-order valence-corrected chi connectivity index (χ0v) is 16.4. The van der Waals surface area contributed by atoms with E-state index in [-0.39, 0.29) is 11.6 Å². The highest BCUT2D eigenvalue weighted by Gasteiger charge is 2.36. The SMILES string of the molecule is CC(C)Cn1nc2n(c1=O)CCN(C(=O)c1cccn1C)C2c1ccccc1. The second kappa shape index (κ2) is 7.14. The summed E-state index contributed by atoms with van der Waals surface area (Å²) in [6.45, 7) is 5.59. The predicted molar refractivity (Wildman–Crippen MR) is 106 cm³/mol. The zero-order chi connectivity index (χ0) is 19.8. The topological polar surface area (TPSA) is 65.1 Å². The van der Waals surface area contributed by atoms with Gasteiger partial charge in [0, 0.05) is 32.9 Å². The van der Waals surface area contributed by atoms with Crippen molar-refractivity contribution in [3.8, 4) is 0 Å². The molecule has 0 N–H and O–H groups in total. The summed E-state index contributed by atoms with van der Waals surface area (Å²) in [7, 11) is 1.86. The van der Waals surface area contributed by atoms with E-state index in [2.05, 4.69) is 18.9 Å². The summed E-state index contributed by atoms with van der Waals surface area (Å²) in [6, 6.07) is 13.1. The van der Waals surface area contributed by atoms with Crippen molar-refractivity contribution in [1.29, 1.82) is 0 Å². The Bertz CT molecular complexity index is 1040. The van der Waals surface area contributed by atoms with Gasteiger partial charge < -0.3 is 9.47 Å². The number of carbonyl (C=O) groups excluding carboxylic acids is 1. The summed E-state index contributed by atoms with van der Waals surface area (Å²) in [5.41, 5.74) is 1.47. The number of amides is 1. The van der Waals surface area contributed by atoms with Crippen LogP contribution in [0.3, 0.4) is 0 Å².